The van der Waals surface area contributed by atoms with E-state index in [1.165, 1.54) is 24.4 Å². The molecule has 0 spiro atoms. The number of hydrogen-bond acceptors (Lipinski definition) is 7. The third-order valence-electron chi connectivity index (χ3n) is 4.16. The predicted molar refractivity (Wildman–Crippen MR) is 106 cm³/mol. The second kappa shape index (κ2) is 7.18. The van der Waals surface area contributed by atoms with Gasteiger partial charge in [-0.15, -0.1) is 11.3 Å². The lowest BCUT2D eigenvalue weighted by atomic mass is 10.1. The zero-order chi connectivity index (χ0) is 20.6. The minimum absolute atomic E-state index is 0.0424. The summed E-state index contributed by atoms with van der Waals surface area (Å²) >= 11 is 1.12. The summed E-state index contributed by atoms with van der Waals surface area (Å²) in [5, 5.41) is 11.5. The summed E-state index contributed by atoms with van der Waals surface area (Å²) in [6, 6.07) is 10.7. The van der Waals surface area contributed by atoms with Gasteiger partial charge in [0.05, 0.1) is 10.4 Å². The third-order valence-corrected chi connectivity index (χ3v) is 6.31. The van der Waals surface area contributed by atoms with Crippen LogP contribution in [-0.4, -0.2) is 29.0 Å². The molecule has 1 atom stereocenters. The van der Waals surface area contributed by atoms with Crippen LogP contribution in [0, 0.1) is 0 Å². The second-order valence-corrected chi connectivity index (χ2v) is 8.54. The lowest BCUT2D eigenvalue weighted by molar-refractivity contribution is -0.139. The number of aliphatic carboxylic acids is 1. The molecule has 29 heavy (non-hydrogen) atoms. The summed E-state index contributed by atoms with van der Waals surface area (Å²) in [4.78, 5) is 28.0. The lowest BCUT2D eigenvalue weighted by Gasteiger charge is -2.14. The van der Waals surface area contributed by atoms with Gasteiger partial charge in [0.15, 0.2) is 16.8 Å². The van der Waals surface area contributed by atoms with Crippen LogP contribution in [0.3, 0.4) is 0 Å². The standard InChI is InChI=1S/C18H13N3O6S2/c22-16(23)15(11-4-2-1-3-5-11)21-13-7-6-12(10-14(13)27-18(21)24)29(25,26)20-17-19-8-9-28-17/h1-10,15H,(H,19,20)(H,22,23). The number of carbonyl (C=O) groups is 1. The van der Waals surface area contributed by atoms with Crippen molar-refractivity contribution in [2.24, 2.45) is 0 Å². The van der Waals surface area contributed by atoms with Gasteiger partial charge in [0.2, 0.25) is 0 Å². The number of thiazole rings is 1. The maximum absolute atomic E-state index is 12.5. The minimum Gasteiger partial charge on any atom is -0.479 e. The molecule has 0 aliphatic rings. The molecule has 0 saturated heterocycles. The number of rotatable bonds is 6. The Morgan fingerprint density at radius 1 is 1.21 bits per heavy atom. The summed E-state index contributed by atoms with van der Waals surface area (Å²) in [7, 11) is -3.96. The highest BCUT2D eigenvalue weighted by atomic mass is 32.2. The first-order valence-electron chi connectivity index (χ1n) is 8.22. The average Bonchev–Trinajstić information content (AvgIpc) is 3.29. The van der Waals surface area contributed by atoms with Crippen molar-refractivity contribution in [2.75, 3.05) is 4.72 Å². The van der Waals surface area contributed by atoms with Crippen LogP contribution in [0.1, 0.15) is 11.6 Å². The van der Waals surface area contributed by atoms with Gasteiger partial charge in [0, 0.05) is 17.6 Å². The Bertz CT molecular complexity index is 1340. The Hall–Kier alpha value is -3.44. The van der Waals surface area contributed by atoms with E-state index < -0.39 is 27.8 Å². The molecule has 2 heterocycles. The van der Waals surface area contributed by atoms with E-state index in [0.29, 0.717) is 5.56 Å². The molecule has 2 aromatic carbocycles. The highest BCUT2D eigenvalue weighted by Crippen LogP contribution is 2.26. The molecule has 0 aliphatic carbocycles. The summed E-state index contributed by atoms with van der Waals surface area (Å²) in [6.45, 7) is 0. The van der Waals surface area contributed by atoms with Gasteiger partial charge in [-0.05, 0) is 17.7 Å². The topological polar surface area (TPSA) is 132 Å². The molecule has 4 aromatic rings. The zero-order valence-corrected chi connectivity index (χ0v) is 16.2. The second-order valence-electron chi connectivity index (χ2n) is 5.96. The fourth-order valence-electron chi connectivity index (χ4n) is 2.91. The van der Waals surface area contributed by atoms with E-state index in [2.05, 4.69) is 9.71 Å². The first-order chi connectivity index (χ1) is 13.9. The van der Waals surface area contributed by atoms with Crippen LogP contribution in [0.15, 0.2) is 74.2 Å². The fraction of sp³-hybridized carbons (Fsp3) is 0.0556. The predicted octanol–water partition coefficient (Wildman–Crippen LogP) is 2.53. The van der Waals surface area contributed by atoms with Crippen molar-refractivity contribution in [3.05, 3.63) is 76.2 Å². The number of hydrogen-bond donors (Lipinski definition) is 2. The molecule has 2 N–H and O–H groups in total. The van der Waals surface area contributed by atoms with E-state index in [-0.39, 0.29) is 21.1 Å². The van der Waals surface area contributed by atoms with Crippen molar-refractivity contribution in [3.63, 3.8) is 0 Å². The summed E-state index contributed by atoms with van der Waals surface area (Å²) in [5.74, 6) is -2.15. The van der Waals surface area contributed by atoms with Crippen LogP contribution < -0.4 is 10.5 Å². The van der Waals surface area contributed by atoms with Gasteiger partial charge in [-0.2, -0.15) is 0 Å². The Morgan fingerprint density at radius 2 is 1.97 bits per heavy atom. The number of aromatic nitrogens is 2. The first-order valence-corrected chi connectivity index (χ1v) is 10.6. The Balaban J connectivity index is 1.81. The van der Waals surface area contributed by atoms with E-state index in [1.54, 1.807) is 35.7 Å². The number of sulfonamides is 1. The van der Waals surface area contributed by atoms with Crippen molar-refractivity contribution < 1.29 is 22.7 Å². The van der Waals surface area contributed by atoms with E-state index in [4.69, 9.17) is 4.42 Å². The van der Waals surface area contributed by atoms with Gasteiger partial charge in [0.1, 0.15) is 0 Å². The van der Waals surface area contributed by atoms with Gasteiger partial charge in [-0.3, -0.25) is 9.29 Å². The Kier molecular flexibility index (Phi) is 4.68. The molecule has 4 rings (SSSR count). The molecule has 9 nitrogen and oxygen atoms in total. The average molecular weight is 431 g/mol. The number of carboxylic acids is 1. The number of benzene rings is 2. The Labute approximate surface area is 167 Å². The molecule has 2 aromatic heterocycles. The van der Waals surface area contributed by atoms with Crippen molar-refractivity contribution in [1.82, 2.24) is 9.55 Å². The fourth-order valence-corrected chi connectivity index (χ4v) is 4.72. The van der Waals surface area contributed by atoms with E-state index in [9.17, 15) is 23.1 Å². The summed E-state index contributed by atoms with van der Waals surface area (Å²) in [6.07, 6.45) is 1.46. The number of carboxylic acid groups (broad SMARTS) is 1. The van der Waals surface area contributed by atoms with Gasteiger partial charge in [0.25, 0.3) is 10.0 Å². The minimum atomic E-state index is -3.96. The highest BCUT2D eigenvalue weighted by Gasteiger charge is 2.28. The van der Waals surface area contributed by atoms with E-state index in [0.717, 1.165) is 15.9 Å². The van der Waals surface area contributed by atoms with Crippen LogP contribution in [0.4, 0.5) is 5.13 Å². The van der Waals surface area contributed by atoms with Crippen LogP contribution in [0.25, 0.3) is 11.1 Å². The van der Waals surface area contributed by atoms with Crippen LogP contribution >= 0.6 is 11.3 Å². The molecule has 0 bridgehead atoms. The monoisotopic (exact) mass is 431 g/mol. The van der Waals surface area contributed by atoms with Gasteiger partial charge >= 0.3 is 11.7 Å². The number of nitrogens with one attached hydrogen (secondary N) is 1. The van der Waals surface area contributed by atoms with Crippen molar-refractivity contribution in [2.45, 2.75) is 10.9 Å². The van der Waals surface area contributed by atoms with Crippen molar-refractivity contribution in [3.8, 4) is 0 Å². The first kappa shape index (κ1) is 18.9. The molecular weight excluding hydrogens is 418 g/mol. The number of oxazole rings is 1. The summed E-state index contributed by atoms with van der Waals surface area (Å²) < 4.78 is 33.5. The number of nitrogens with zero attached hydrogens (tertiary/aromatic N) is 2. The lowest BCUT2D eigenvalue weighted by Crippen LogP contribution is -2.27. The van der Waals surface area contributed by atoms with Crippen LogP contribution in [-0.2, 0) is 14.8 Å². The highest BCUT2D eigenvalue weighted by molar-refractivity contribution is 7.93. The molecule has 1 unspecified atom stereocenters. The SMILES string of the molecule is O=C(O)C(c1ccccc1)n1c(=O)oc2cc(S(=O)(=O)Nc3nccs3)ccc21. The van der Waals surface area contributed by atoms with E-state index in [1.807, 2.05) is 0 Å². The van der Waals surface area contributed by atoms with Crippen molar-refractivity contribution >= 4 is 43.6 Å². The maximum atomic E-state index is 12.5. The molecule has 148 valence electrons. The van der Waals surface area contributed by atoms with E-state index >= 15 is 0 Å². The van der Waals surface area contributed by atoms with Gasteiger partial charge < -0.3 is 9.52 Å². The Morgan fingerprint density at radius 3 is 2.62 bits per heavy atom. The largest absolute Gasteiger partial charge is 0.479 e. The summed E-state index contributed by atoms with van der Waals surface area (Å²) in [5.41, 5.74) is 0.505. The van der Waals surface area contributed by atoms with Crippen LogP contribution in [0.5, 0.6) is 0 Å². The smallest absolute Gasteiger partial charge is 0.421 e. The zero-order valence-electron chi connectivity index (χ0n) is 14.6. The van der Waals surface area contributed by atoms with Gasteiger partial charge in [-0.1, -0.05) is 30.3 Å². The molecule has 0 fully saturated rings. The normalized spacial score (nSPS) is 12.7. The van der Waals surface area contributed by atoms with Crippen molar-refractivity contribution in [1.29, 1.82) is 0 Å². The molecular formula is C18H13N3O6S2. The van der Waals surface area contributed by atoms with Crippen LogP contribution in [0.2, 0.25) is 0 Å². The van der Waals surface area contributed by atoms with Gasteiger partial charge in [-0.25, -0.2) is 23.0 Å². The quantitative estimate of drug-likeness (QED) is 0.479. The number of anilines is 1. The third kappa shape index (κ3) is 3.52. The maximum Gasteiger partial charge on any atom is 0.421 e. The molecule has 0 aliphatic heterocycles. The number of fused-ring (bicyclic) bond motifs is 1. The molecule has 0 radical (unpaired) electrons. The molecule has 11 heteroatoms. The molecule has 0 amide bonds. The molecule has 0 saturated carbocycles.